The monoisotopic (exact) mass is 337 g/mol. The van der Waals surface area contributed by atoms with Crippen LogP contribution in [-0.4, -0.2) is 14.6 Å². The lowest BCUT2D eigenvalue weighted by molar-refractivity contribution is 0.627. The van der Waals surface area contributed by atoms with E-state index in [0.29, 0.717) is 22.9 Å². The number of aryl methyl sites for hydroxylation is 1. The maximum atomic E-state index is 13.3. The van der Waals surface area contributed by atoms with Gasteiger partial charge in [-0.2, -0.15) is 0 Å². The maximum Gasteiger partial charge on any atom is 0.171 e. The lowest BCUT2D eigenvalue weighted by Gasteiger charge is -2.05. The second-order valence-corrected chi connectivity index (χ2v) is 6.21. The van der Waals surface area contributed by atoms with E-state index >= 15 is 0 Å². The van der Waals surface area contributed by atoms with Crippen molar-refractivity contribution in [1.82, 2.24) is 14.6 Å². The molecule has 0 fully saturated rings. The zero-order valence-corrected chi connectivity index (χ0v) is 13.2. The summed E-state index contributed by atoms with van der Waals surface area (Å²) in [7, 11) is 0. The first kappa shape index (κ1) is 15.1. The van der Waals surface area contributed by atoms with Gasteiger partial charge in [-0.1, -0.05) is 23.4 Å². The topological polar surface area (TPSA) is 82.2 Å². The Hall–Kier alpha value is -1.83. The van der Waals surface area contributed by atoms with Crippen LogP contribution < -0.4 is 11.5 Å². The molecule has 3 aromatic rings. The van der Waals surface area contributed by atoms with E-state index in [0.717, 1.165) is 16.3 Å². The Morgan fingerprint density at radius 1 is 1.36 bits per heavy atom. The minimum absolute atomic E-state index is 0.0619. The lowest BCUT2D eigenvalue weighted by atomic mass is 10.3. The highest BCUT2D eigenvalue weighted by Crippen LogP contribution is 2.36. The van der Waals surface area contributed by atoms with Crippen LogP contribution in [-0.2, 0) is 6.54 Å². The average Bonchev–Trinajstić information content (AvgIpc) is 2.78. The molecule has 0 atom stereocenters. The summed E-state index contributed by atoms with van der Waals surface area (Å²) in [5, 5.41) is 4.35. The number of nitrogens with zero attached hydrogens (tertiary/aromatic N) is 3. The molecule has 0 aliphatic heterocycles. The van der Waals surface area contributed by atoms with Gasteiger partial charge in [0.05, 0.1) is 10.7 Å². The Balaban J connectivity index is 2.12. The third-order valence-electron chi connectivity index (χ3n) is 3.09. The second kappa shape index (κ2) is 5.75. The summed E-state index contributed by atoms with van der Waals surface area (Å²) >= 11 is 7.15. The second-order valence-electron chi connectivity index (χ2n) is 4.72. The van der Waals surface area contributed by atoms with Gasteiger partial charge < -0.3 is 11.5 Å². The van der Waals surface area contributed by atoms with Crippen LogP contribution in [0.3, 0.4) is 0 Å². The number of anilines is 1. The Labute approximate surface area is 135 Å². The normalized spacial score (nSPS) is 11.3. The Kier molecular flexibility index (Phi) is 3.94. The van der Waals surface area contributed by atoms with Crippen LogP contribution in [0, 0.1) is 12.7 Å². The standard InChI is InChI=1S/C14H13ClFN5S/c1-7-4-8(6-17)21-14(19-7)12(13(18)20-21)22-9-2-3-11(16)10(15)5-9/h2-5H,6,17H2,1H3,(H2,18,20). The van der Waals surface area contributed by atoms with E-state index in [4.69, 9.17) is 23.1 Å². The minimum Gasteiger partial charge on any atom is -0.381 e. The molecule has 1 aromatic carbocycles. The first-order chi connectivity index (χ1) is 10.5. The SMILES string of the molecule is Cc1cc(CN)n2nc(N)c(Sc3ccc(F)c(Cl)c3)c2n1. The molecule has 0 radical (unpaired) electrons. The van der Waals surface area contributed by atoms with E-state index in [-0.39, 0.29) is 5.02 Å². The fraction of sp³-hybridized carbons (Fsp3) is 0.143. The molecule has 0 amide bonds. The fourth-order valence-corrected chi connectivity index (χ4v) is 3.28. The Morgan fingerprint density at radius 2 is 2.14 bits per heavy atom. The van der Waals surface area contributed by atoms with Crippen molar-refractivity contribution in [2.45, 2.75) is 23.3 Å². The Morgan fingerprint density at radius 3 is 2.82 bits per heavy atom. The summed E-state index contributed by atoms with van der Waals surface area (Å²) in [4.78, 5) is 5.93. The van der Waals surface area contributed by atoms with E-state index < -0.39 is 5.82 Å². The molecule has 0 saturated carbocycles. The predicted molar refractivity (Wildman–Crippen MR) is 85.6 cm³/mol. The van der Waals surface area contributed by atoms with Crippen LogP contribution in [0.5, 0.6) is 0 Å². The van der Waals surface area contributed by atoms with Gasteiger partial charge >= 0.3 is 0 Å². The largest absolute Gasteiger partial charge is 0.381 e. The first-order valence-corrected chi connectivity index (χ1v) is 7.66. The Bertz CT molecular complexity index is 864. The van der Waals surface area contributed by atoms with Gasteiger partial charge in [0.1, 0.15) is 10.7 Å². The molecule has 0 unspecified atom stereocenters. The molecule has 5 nitrogen and oxygen atoms in total. The van der Waals surface area contributed by atoms with E-state index in [2.05, 4.69) is 10.1 Å². The molecule has 8 heteroatoms. The van der Waals surface area contributed by atoms with Crippen molar-refractivity contribution in [2.24, 2.45) is 5.73 Å². The summed E-state index contributed by atoms with van der Waals surface area (Å²) in [5.41, 5.74) is 14.0. The van der Waals surface area contributed by atoms with Crippen molar-refractivity contribution >= 4 is 34.8 Å². The number of halogens is 2. The summed E-state index contributed by atoms with van der Waals surface area (Å²) in [6, 6.07) is 6.36. The van der Waals surface area contributed by atoms with Crippen molar-refractivity contribution in [3.63, 3.8) is 0 Å². The zero-order valence-electron chi connectivity index (χ0n) is 11.7. The molecule has 2 heterocycles. The van der Waals surface area contributed by atoms with Gasteiger partial charge in [0.25, 0.3) is 0 Å². The molecule has 22 heavy (non-hydrogen) atoms. The summed E-state index contributed by atoms with van der Waals surface area (Å²) in [5.74, 6) is -0.114. The predicted octanol–water partition coefficient (Wildman–Crippen LogP) is 3.02. The number of hydrogen-bond donors (Lipinski definition) is 2. The summed E-state index contributed by atoms with van der Waals surface area (Å²) < 4.78 is 14.9. The molecule has 0 spiro atoms. The van der Waals surface area contributed by atoms with Crippen molar-refractivity contribution in [1.29, 1.82) is 0 Å². The molecular formula is C14H13ClFN5S. The molecule has 0 aliphatic carbocycles. The van der Waals surface area contributed by atoms with Gasteiger partial charge in [-0.25, -0.2) is 13.9 Å². The number of hydrogen-bond acceptors (Lipinski definition) is 5. The van der Waals surface area contributed by atoms with Gasteiger partial charge in [0.15, 0.2) is 11.5 Å². The van der Waals surface area contributed by atoms with Crippen LogP contribution in [0.25, 0.3) is 5.65 Å². The highest BCUT2D eigenvalue weighted by Gasteiger charge is 2.16. The quantitative estimate of drug-likeness (QED) is 0.767. The smallest absolute Gasteiger partial charge is 0.171 e. The van der Waals surface area contributed by atoms with Gasteiger partial charge in [0, 0.05) is 17.1 Å². The van der Waals surface area contributed by atoms with Gasteiger partial charge in [-0.05, 0) is 31.2 Å². The average molecular weight is 338 g/mol. The van der Waals surface area contributed by atoms with Crippen molar-refractivity contribution in [2.75, 3.05) is 5.73 Å². The summed E-state index contributed by atoms with van der Waals surface area (Å²) in [6.07, 6.45) is 0. The van der Waals surface area contributed by atoms with Crippen molar-refractivity contribution < 1.29 is 4.39 Å². The van der Waals surface area contributed by atoms with Gasteiger partial charge in [0.2, 0.25) is 0 Å². The number of nitrogens with two attached hydrogens (primary N) is 2. The zero-order chi connectivity index (χ0) is 15.9. The molecular weight excluding hydrogens is 325 g/mol. The van der Waals surface area contributed by atoms with E-state index in [1.54, 1.807) is 16.6 Å². The van der Waals surface area contributed by atoms with Crippen molar-refractivity contribution in [3.05, 3.63) is 46.5 Å². The summed E-state index contributed by atoms with van der Waals surface area (Å²) in [6.45, 7) is 2.21. The number of rotatable bonds is 3. The third-order valence-corrected chi connectivity index (χ3v) is 4.47. The van der Waals surface area contributed by atoms with Gasteiger partial charge in [-0.15, -0.1) is 5.10 Å². The lowest BCUT2D eigenvalue weighted by Crippen LogP contribution is -2.07. The fourth-order valence-electron chi connectivity index (χ4n) is 2.11. The molecule has 0 saturated heterocycles. The highest BCUT2D eigenvalue weighted by molar-refractivity contribution is 7.99. The van der Waals surface area contributed by atoms with Crippen LogP contribution in [0.1, 0.15) is 11.4 Å². The van der Waals surface area contributed by atoms with Crippen LogP contribution >= 0.6 is 23.4 Å². The molecule has 0 bridgehead atoms. The molecule has 0 aliphatic rings. The van der Waals surface area contributed by atoms with Crippen LogP contribution in [0.4, 0.5) is 10.2 Å². The van der Waals surface area contributed by atoms with Crippen LogP contribution in [0.2, 0.25) is 5.02 Å². The molecule has 2 aromatic heterocycles. The van der Waals surface area contributed by atoms with Crippen LogP contribution in [0.15, 0.2) is 34.1 Å². The number of nitrogen functional groups attached to an aromatic ring is 1. The third kappa shape index (κ3) is 2.63. The van der Waals surface area contributed by atoms with Crippen molar-refractivity contribution in [3.8, 4) is 0 Å². The first-order valence-electron chi connectivity index (χ1n) is 6.47. The highest BCUT2D eigenvalue weighted by atomic mass is 35.5. The molecule has 114 valence electrons. The number of fused-ring (bicyclic) bond motifs is 1. The maximum absolute atomic E-state index is 13.3. The van der Waals surface area contributed by atoms with E-state index in [1.165, 1.54) is 17.8 Å². The number of benzene rings is 1. The van der Waals surface area contributed by atoms with E-state index in [1.807, 2.05) is 13.0 Å². The molecule has 4 N–H and O–H groups in total. The molecule has 3 rings (SSSR count). The van der Waals surface area contributed by atoms with E-state index in [9.17, 15) is 4.39 Å². The number of aromatic nitrogens is 3. The minimum atomic E-state index is -0.460. The van der Waals surface area contributed by atoms with Gasteiger partial charge in [-0.3, -0.25) is 0 Å².